The van der Waals surface area contributed by atoms with Gasteiger partial charge in [-0.1, -0.05) is 0 Å². The van der Waals surface area contributed by atoms with Crippen LogP contribution in [0.2, 0.25) is 0 Å². The van der Waals surface area contributed by atoms with Crippen LogP contribution in [0.5, 0.6) is 0 Å². The SMILES string of the molecule is COCCNc1ccc(C(=O)OC)cc1C(F)(F)F. The van der Waals surface area contributed by atoms with Gasteiger partial charge in [0.15, 0.2) is 0 Å². The number of esters is 1. The molecule has 0 aromatic heterocycles. The summed E-state index contributed by atoms with van der Waals surface area (Å²) in [5.41, 5.74) is -1.16. The van der Waals surface area contributed by atoms with Crippen LogP contribution in [0.15, 0.2) is 18.2 Å². The van der Waals surface area contributed by atoms with Crippen molar-refractivity contribution in [3.63, 3.8) is 0 Å². The fraction of sp³-hybridized carbons (Fsp3) is 0.417. The zero-order valence-corrected chi connectivity index (χ0v) is 10.5. The standard InChI is InChI=1S/C12H14F3NO3/c1-18-6-5-16-10-4-3-8(11(17)19-2)7-9(10)12(13,14)15/h3-4,7,16H,5-6H2,1-2H3. The number of methoxy groups -OCH3 is 2. The summed E-state index contributed by atoms with van der Waals surface area (Å²) in [6, 6.07) is 3.24. The molecular weight excluding hydrogens is 263 g/mol. The van der Waals surface area contributed by atoms with E-state index in [2.05, 4.69) is 10.1 Å². The molecule has 0 aliphatic carbocycles. The predicted molar refractivity (Wildman–Crippen MR) is 63.1 cm³/mol. The summed E-state index contributed by atoms with van der Waals surface area (Å²) in [6.45, 7) is 0.507. The van der Waals surface area contributed by atoms with Gasteiger partial charge in [-0.2, -0.15) is 13.2 Å². The summed E-state index contributed by atoms with van der Waals surface area (Å²) >= 11 is 0. The van der Waals surface area contributed by atoms with E-state index in [1.54, 1.807) is 0 Å². The van der Waals surface area contributed by atoms with Crippen LogP contribution in [0.4, 0.5) is 18.9 Å². The number of ether oxygens (including phenoxy) is 2. The van der Waals surface area contributed by atoms with Crippen molar-refractivity contribution in [3.8, 4) is 0 Å². The highest BCUT2D eigenvalue weighted by atomic mass is 19.4. The Balaban J connectivity index is 3.07. The molecule has 0 unspecified atom stereocenters. The normalized spacial score (nSPS) is 11.2. The predicted octanol–water partition coefficient (Wildman–Crippen LogP) is 2.55. The Kier molecular flexibility index (Phi) is 5.17. The maximum atomic E-state index is 12.9. The van der Waals surface area contributed by atoms with Crippen molar-refractivity contribution in [1.82, 2.24) is 0 Å². The molecule has 19 heavy (non-hydrogen) atoms. The molecule has 4 nitrogen and oxygen atoms in total. The lowest BCUT2D eigenvalue weighted by Gasteiger charge is -2.15. The Morgan fingerprint density at radius 1 is 1.32 bits per heavy atom. The van der Waals surface area contributed by atoms with Crippen molar-refractivity contribution in [2.75, 3.05) is 32.7 Å². The van der Waals surface area contributed by atoms with Gasteiger partial charge in [0.1, 0.15) is 0 Å². The minimum atomic E-state index is -4.56. The van der Waals surface area contributed by atoms with E-state index in [-0.39, 0.29) is 24.4 Å². The molecule has 0 saturated heterocycles. The van der Waals surface area contributed by atoms with Crippen molar-refractivity contribution in [3.05, 3.63) is 29.3 Å². The monoisotopic (exact) mass is 277 g/mol. The van der Waals surface area contributed by atoms with Crippen LogP contribution in [0.25, 0.3) is 0 Å². The summed E-state index contributed by atoms with van der Waals surface area (Å²) in [6.07, 6.45) is -4.56. The molecule has 0 bridgehead atoms. The molecule has 0 amide bonds. The number of nitrogens with one attached hydrogen (secondary N) is 1. The number of alkyl halides is 3. The van der Waals surface area contributed by atoms with Gasteiger partial charge in [-0.3, -0.25) is 0 Å². The second-order valence-electron chi connectivity index (χ2n) is 3.67. The molecule has 0 radical (unpaired) electrons. The number of carbonyl (C=O) groups is 1. The molecule has 1 aromatic rings. The minimum Gasteiger partial charge on any atom is -0.465 e. The van der Waals surface area contributed by atoms with E-state index in [4.69, 9.17) is 4.74 Å². The fourth-order valence-electron chi connectivity index (χ4n) is 1.47. The molecule has 7 heteroatoms. The van der Waals surface area contributed by atoms with E-state index in [9.17, 15) is 18.0 Å². The van der Waals surface area contributed by atoms with Gasteiger partial charge in [0.2, 0.25) is 0 Å². The lowest BCUT2D eigenvalue weighted by atomic mass is 10.1. The van der Waals surface area contributed by atoms with Crippen molar-refractivity contribution in [2.24, 2.45) is 0 Å². The Labute approximate surface area is 108 Å². The third-order valence-corrected chi connectivity index (χ3v) is 2.37. The number of anilines is 1. The van der Waals surface area contributed by atoms with Gasteiger partial charge in [-0.25, -0.2) is 4.79 Å². The Morgan fingerprint density at radius 3 is 2.53 bits per heavy atom. The van der Waals surface area contributed by atoms with Crippen molar-refractivity contribution >= 4 is 11.7 Å². The number of carbonyl (C=O) groups excluding carboxylic acids is 1. The summed E-state index contributed by atoms with van der Waals surface area (Å²) in [4.78, 5) is 11.2. The Bertz CT molecular complexity index is 446. The summed E-state index contributed by atoms with van der Waals surface area (Å²) < 4.78 is 47.8. The zero-order valence-electron chi connectivity index (χ0n) is 10.5. The summed E-state index contributed by atoms with van der Waals surface area (Å²) in [7, 11) is 2.56. The van der Waals surface area contributed by atoms with Gasteiger partial charge in [-0.05, 0) is 18.2 Å². The molecule has 0 saturated carbocycles. The number of hydrogen-bond donors (Lipinski definition) is 1. The van der Waals surface area contributed by atoms with Gasteiger partial charge in [0, 0.05) is 19.3 Å². The minimum absolute atomic E-state index is 0.0998. The highest BCUT2D eigenvalue weighted by Crippen LogP contribution is 2.35. The first-order chi connectivity index (χ1) is 8.90. The summed E-state index contributed by atoms with van der Waals surface area (Å²) in [5.74, 6) is -0.811. The van der Waals surface area contributed by atoms with E-state index in [1.165, 1.54) is 19.2 Å². The maximum Gasteiger partial charge on any atom is 0.418 e. The third kappa shape index (κ3) is 4.13. The van der Waals surface area contributed by atoms with Crippen molar-refractivity contribution in [1.29, 1.82) is 0 Å². The third-order valence-electron chi connectivity index (χ3n) is 2.37. The Morgan fingerprint density at radius 2 is 2.00 bits per heavy atom. The average Bonchev–Trinajstić information content (AvgIpc) is 2.37. The summed E-state index contributed by atoms with van der Waals surface area (Å²) in [5, 5.41) is 2.61. The van der Waals surface area contributed by atoms with Gasteiger partial charge in [0.05, 0.1) is 24.8 Å². The highest BCUT2D eigenvalue weighted by molar-refractivity contribution is 5.90. The molecule has 0 spiro atoms. The molecule has 1 N–H and O–H groups in total. The van der Waals surface area contributed by atoms with E-state index in [0.29, 0.717) is 0 Å². The molecule has 0 heterocycles. The largest absolute Gasteiger partial charge is 0.465 e. The quantitative estimate of drug-likeness (QED) is 0.663. The van der Waals surface area contributed by atoms with Crippen molar-refractivity contribution < 1.29 is 27.4 Å². The maximum absolute atomic E-state index is 12.9. The van der Waals surface area contributed by atoms with Crippen molar-refractivity contribution in [2.45, 2.75) is 6.18 Å². The lowest BCUT2D eigenvalue weighted by molar-refractivity contribution is -0.137. The van der Waals surface area contributed by atoms with E-state index in [0.717, 1.165) is 13.2 Å². The molecular formula is C12H14F3NO3. The van der Waals surface area contributed by atoms with Crippen LogP contribution in [0.1, 0.15) is 15.9 Å². The Hall–Kier alpha value is -1.76. The van der Waals surface area contributed by atoms with Gasteiger partial charge < -0.3 is 14.8 Å². The van der Waals surface area contributed by atoms with Gasteiger partial charge in [0.25, 0.3) is 0 Å². The number of benzene rings is 1. The molecule has 0 aliphatic heterocycles. The van der Waals surface area contributed by atoms with Crippen LogP contribution in [-0.2, 0) is 15.7 Å². The van der Waals surface area contributed by atoms with Crippen LogP contribution >= 0.6 is 0 Å². The van der Waals surface area contributed by atoms with E-state index in [1.807, 2.05) is 0 Å². The topological polar surface area (TPSA) is 47.6 Å². The molecule has 0 fully saturated rings. The van der Waals surface area contributed by atoms with Crippen LogP contribution in [-0.4, -0.2) is 33.3 Å². The average molecular weight is 277 g/mol. The highest BCUT2D eigenvalue weighted by Gasteiger charge is 2.34. The number of halogens is 3. The first-order valence-electron chi connectivity index (χ1n) is 5.42. The smallest absolute Gasteiger partial charge is 0.418 e. The molecule has 0 atom stereocenters. The molecule has 106 valence electrons. The fourth-order valence-corrected chi connectivity index (χ4v) is 1.47. The van der Waals surface area contributed by atoms with Crippen LogP contribution < -0.4 is 5.32 Å². The zero-order chi connectivity index (χ0) is 14.5. The van der Waals surface area contributed by atoms with Crippen LogP contribution in [0.3, 0.4) is 0 Å². The molecule has 1 aromatic carbocycles. The van der Waals surface area contributed by atoms with E-state index < -0.39 is 17.7 Å². The first kappa shape index (κ1) is 15.3. The van der Waals surface area contributed by atoms with Gasteiger partial charge >= 0.3 is 12.1 Å². The van der Waals surface area contributed by atoms with Gasteiger partial charge in [-0.15, -0.1) is 0 Å². The second-order valence-corrected chi connectivity index (χ2v) is 3.67. The van der Waals surface area contributed by atoms with Crippen LogP contribution in [0, 0.1) is 0 Å². The molecule has 0 aliphatic rings. The van der Waals surface area contributed by atoms with E-state index >= 15 is 0 Å². The first-order valence-corrected chi connectivity index (χ1v) is 5.42. The second kappa shape index (κ2) is 6.42. The molecule has 1 rings (SSSR count). The number of hydrogen-bond acceptors (Lipinski definition) is 4. The lowest BCUT2D eigenvalue weighted by Crippen LogP contribution is -2.15. The number of rotatable bonds is 5.